The van der Waals surface area contributed by atoms with Crippen molar-refractivity contribution >= 4 is 12.6 Å². The Balaban J connectivity index is 2.01. The van der Waals surface area contributed by atoms with E-state index in [4.69, 9.17) is 4.74 Å². The van der Waals surface area contributed by atoms with Gasteiger partial charge in [-0.05, 0) is 44.1 Å². The van der Waals surface area contributed by atoms with E-state index in [1.54, 1.807) is 0 Å². The number of aromatic hydroxyl groups is 2. The Bertz CT molecular complexity index is 1190. The van der Waals surface area contributed by atoms with Gasteiger partial charge < -0.3 is 14.9 Å². The average molecular weight is 475 g/mol. The Labute approximate surface area is 207 Å². The van der Waals surface area contributed by atoms with Crippen LogP contribution < -0.4 is 4.74 Å². The lowest BCUT2D eigenvalue weighted by atomic mass is 9.66. The van der Waals surface area contributed by atoms with E-state index in [2.05, 4.69) is 39.0 Å². The van der Waals surface area contributed by atoms with Crippen LogP contribution in [0.4, 0.5) is 0 Å². The Morgan fingerprint density at radius 1 is 0.971 bits per heavy atom. The number of hydrogen-bond donors (Lipinski definition) is 2. The maximum atomic E-state index is 12.1. The largest absolute Gasteiger partial charge is 0.507 e. The summed E-state index contributed by atoms with van der Waals surface area (Å²) in [4.78, 5) is 23.9. The van der Waals surface area contributed by atoms with Gasteiger partial charge in [-0.3, -0.25) is 9.59 Å². The number of aldehydes is 2. The van der Waals surface area contributed by atoms with Crippen LogP contribution in [0.3, 0.4) is 0 Å². The summed E-state index contributed by atoms with van der Waals surface area (Å²) in [6.45, 7) is 8.60. The molecule has 1 aliphatic heterocycles. The molecule has 4 rings (SSSR count). The van der Waals surface area contributed by atoms with Crippen LogP contribution >= 0.6 is 0 Å². The van der Waals surface area contributed by atoms with Crippen LogP contribution in [0.2, 0.25) is 0 Å². The summed E-state index contributed by atoms with van der Waals surface area (Å²) >= 11 is 0. The molecular formula is C30H34O5. The molecule has 2 aromatic rings. The van der Waals surface area contributed by atoms with Crippen molar-refractivity contribution in [1.29, 1.82) is 0 Å². The van der Waals surface area contributed by atoms with Gasteiger partial charge in [0.1, 0.15) is 22.8 Å². The molecule has 0 amide bonds. The van der Waals surface area contributed by atoms with Crippen molar-refractivity contribution in [3.63, 3.8) is 0 Å². The Morgan fingerprint density at radius 3 is 2.31 bits per heavy atom. The van der Waals surface area contributed by atoms with Crippen LogP contribution in [-0.4, -0.2) is 28.4 Å². The van der Waals surface area contributed by atoms with Gasteiger partial charge in [0, 0.05) is 23.8 Å². The fraction of sp³-hybridized carbons (Fsp3) is 0.400. The zero-order valence-electron chi connectivity index (χ0n) is 20.9. The topological polar surface area (TPSA) is 83.8 Å². The predicted octanol–water partition coefficient (Wildman–Crippen LogP) is 6.72. The van der Waals surface area contributed by atoms with Crippen molar-refractivity contribution in [1.82, 2.24) is 0 Å². The van der Waals surface area contributed by atoms with E-state index < -0.39 is 11.4 Å². The number of carbonyl (C=O) groups excluding carboxylic acids is 2. The molecule has 1 aliphatic carbocycles. The molecule has 5 nitrogen and oxygen atoms in total. The summed E-state index contributed by atoms with van der Waals surface area (Å²) in [5.74, 6) is -1.12. The summed E-state index contributed by atoms with van der Waals surface area (Å²) in [7, 11) is 0. The van der Waals surface area contributed by atoms with Crippen LogP contribution in [0.15, 0.2) is 54.1 Å². The highest BCUT2D eigenvalue weighted by molar-refractivity contribution is 5.95. The minimum atomic E-state index is -0.718. The number of carbonyl (C=O) groups is 2. The standard InChI is InChI=1S/C30H34O5/c1-19-11-12-23-24(20-9-6-5-7-10-20)25-27(34)21(17-31)26(33)22(18-32)28(25)35-30(23,4)15-8-14-29(2,3)16-13-19/h5-10,13-14,17-18,23-24,33-34H,11-12,15-16H2,1-4H3/t23-,24-,30+/m1/s1. The first-order valence-corrected chi connectivity index (χ1v) is 12.2. The lowest BCUT2D eigenvalue weighted by Gasteiger charge is -2.48. The first kappa shape index (κ1) is 24.8. The lowest BCUT2D eigenvalue weighted by Crippen LogP contribution is -2.47. The van der Waals surface area contributed by atoms with Gasteiger partial charge in [-0.25, -0.2) is 0 Å². The van der Waals surface area contributed by atoms with Crippen LogP contribution in [-0.2, 0) is 0 Å². The smallest absolute Gasteiger partial charge is 0.157 e. The minimum absolute atomic E-state index is 0.00772. The summed E-state index contributed by atoms with van der Waals surface area (Å²) in [5.41, 5.74) is 1.54. The molecule has 0 aromatic heterocycles. The third kappa shape index (κ3) is 4.52. The zero-order chi connectivity index (χ0) is 25.4. The van der Waals surface area contributed by atoms with Crippen molar-refractivity contribution < 1.29 is 24.5 Å². The second kappa shape index (κ2) is 9.37. The summed E-state index contributed by atoms with van der Waals surface area (Å²) < 4.78 is 6.60. The monoisotopic (exact) mass is 474 g/mol. The maximum Gasteiger partial charge on any atom is 0.157 e. The quantitative estimate of drug-likeness (QED) is 0.381. The number of phenols is 2. The third-order valence-electron chi connectivity index (χ3n) is 7.66. The van der Waals surface area contributed by atoms with Crippen molar-refractivity contribution in [3.8, 4) is 17.2 Å². The predicted molar refractivity (Wildman–Crippen MR) is 137 cm³/mol. The minimum Gasteiger partial charge on any atom is -0.507 e. The van der Waals surface area contributed by atoms with Gasteiger partial charge in [-0.2, -0.15) is 0 Å². The second-order valence-corrected chi connectivity index (χ2v) is 10.8. The van der Waals surface area contributed by atoms with Crippen LogP contribution in [0.1, 0.15) is 91.1 Å². The summed E-state index contributed by atoms with van der Waals surface area (Å²) in [6.07, 6.45) is 10.7. The number of phenolic OH excluding ortho intramolecular Hbond substituents is 2. The molecule has 184 valence electrons. The number of ether oxygens (including phenoxy) is 1. The number of benzene rings is 2. The Hall–Kier alpha value is -3.34. The first-order valence-electron chi connectivity index (χ1n) is 12.2. The Morgan fingerprint density at radius 2 is 1.66 bits per heavy atom. The molecule has 0 unspecified atom stereocenters. The van der Waals surface area contributed by atoms with E-state index in [1.165, 1.54) is 5.57 Å². The molecule has 2 aromatic carbocycles. The van der Waals surface area contributed by atoms with Gasteiger partial charge in [-0.15, -0.1) is 0 Å². The second-order valence-electron chi connectivity index (χ2n) is 10.8. The molecule has 35 heavy (non-hydrogen) atoms. The summed E-state index contributed by atoms with van der Waals surface area (Å²) in [6, 6.07) is 9.82. The van der Waals surface area contributed by atoms with Crippen molar-refractivity contribution in [3.05, 3.63) is 76.4 Å². The van der Waals surface area contributed by atoms with Crippen molar-refractivity contribution in [2.75, 3.05) is 0 Å². The SMILES string of the molecule is CC1=CCC(C)(C)C=CC[C@]2(C)Oc3c(C=O)c(O)c(C=O)c(O)c3[C@H](c3ccccc3)[C@H]2CC1. The molecule has 2 aliphatic rings. The van der Waals surface area contributed by atoms with Gasteiger partial charge in [0.05, 0.1) is 11.1 Å². The molecule has 1 heterocycles. The molecular weight excluding hydrogens is 440 g/mol. The van der Waals surface area contributed by atoms with Crippen LogP contribution in [0.5, 0.6) is 17.2 Å². The molecule has 2 N–H and O–H groups in total. The van der Waals surface area contributed by atoms with Crippen molar-refractivity contribution in [2.24, 2.45) is 11.3 Å². The van der Waals surface area contributed by atoms with Gasteiger partial charge in [0.2, 0.25) is 0 Å². The van der Waals surface area contributed by atoms with Gasteiger partial charge >= 0.3 is 0 Å². The van der Waals surface area contributed by atoms with E-state index >= 15 is 0 Å². The van der Waals surface area contributed by atoms with E-state index in [1.807, 2.05) is 37.3 Å². The van der Waals surface area contributed by atoms with Crippen LogP contribution in [0, 0.1) is 11.3 Å². The van der Waals surface area contributed by atoms with E-state index in [-0.39, 0.29) is 39.9 Å². The normalized spacial score (nSPS) is 25.8. The molecule has 0 fully saturated rings. The van der Waals surface area contributed by atoms with Gasteiger partial charge in [0.15, 0.2) is 12.6 Å². The average Bonchev–Trinajstić information content (AvgIpc) is 2.83. The molecule has 0 spiro atoms. The number of fused-ring (bicyclic) bond motifs is 2. The van der Waals surface area contributed by atoms with E-state index in [0.29, 0.717) is 24.6 Å². The number of hydrogen-bond acceptors (Lipinski definition) is 5. The molecule has 0 saturated heterocycles. The molecule has 0 bridgehead atoms. The third-order valence-corrected chi connectivity index (χ3v) is 7.66. The van der Waals surface area contributed by atoms with Crippen molar-refractivity contribution in [2.45, 2.75) is 64.9 Å². The fourth-order valence-electron chi connectivity index (χ4n) is 5.57. The molecule has 0 saturated carbocycles. The highest BCUT2D eigenvalue weighted by atomic mass is 16.5. The maximum absolute atomic E-state index is 12.1. The first-order chi connectivity index (χ1) is 16.6. The molecule has 3 atom stereocenters. The van der Waals surface area contributed by atoms with Gasteiger partial charge in [0.25, 0.3) is 0 Å². The summed E-state index contributed by atoms with van der Waals surface area (Å²) in [5, 5.41) is 21.9. The van der Waals surface area contributed by atoms with Crippen LogP contribution in [0.25, 0.3) is 0 Å². The zero-order valence-corrected chi connectivity index (χ0v) is 20.9. The highest BCUT2D eigenvalue weighted by Crippen LogP contribution is 2.57. The van der Waals surface area contributed by atoms with E-state index in [9.17, 15) is 19.8 Å². The van der Waals surface area contributed by atoms with Gasteiger partial charge in [-0.1, -0.05) is 68.0 Å². The van der Waals surface area contributed by atoms with E-state index in [0.717, 1.165) is 24.8 Å². The highest BCUT2D eigenvalue weighted by Gasteiger charge is 2.49. The number of allylic oxidation sites excluding steroid dienone is 3. The lowest BCUT2D eigenvalue weighted by molar-refractivity contribution is -0.00275. The Kier molecular flexibility index (Phi) is 6.63. The number of rotatable bonds is 3. The molecule has 5 heteroatoms. The fourth-order valence-corrected chi connectivity index (χ4v) is 5.57. The molecule has 0 radical (unpaired) electrons.